The van der Waals surface area contributed by atoms with Crippen LogP contribution in [0.5, 0.6) is 0 Å². The molecule has 4 rings (SSSR count). The minimum atomic E-state index is -0.777. The number of pyridine rings is 1. The van der Waals surface area contributed by atoms with Crippen LogP contribution in [-0.4, -0.2) is 40.7 Å². The van der Waals surface area contributed by atoms with Crippen molar-refractivity contribution in [3.63, 3.8) is 0 Å². The predicted molar refractivity (Wildman–Crippen MR) is 136 cm³/mol. The summed E-state index contributed by atoms with van der Waals surface area (Å²) in [4.78, 5) is 47.3. The van der Waals surface area contributed by atoms with Gasteiger partial charge in [0.15, 0.2) is 5.69 Å². The number of ether oxygens (including phenoxy) is 1. The number of anilines is 2. The van der Waals surface area contributed by atoms with Gasteiger partial charge in [0.05, 0.1) is 23.3 Å². The fraction of sp³-hybridized carbons (Fsp3) is 0.231. The Morgan fingerprint density at radius 2 is 1.92 bits per heavy atom. The number of nitrogens with one attached hydrogen (secondary N) is 1. The molecule has 0 aliphatic carbocycles. The Morgan fingerprint density at radius 3 is 2.64 bits per heavy atom. The standard InChI is InChI=1S/C26H26FN5O4/c1-16-20(13-18-9-10-19(27)14-21(18)29-16)25(34)31(11-6-12-36-2)22-23(28)32(26(35)30-24(22)33)15-17-7-4-3-5-8-17/h3-5,7-10,13-14H,6,11-12,15,28H2,1-2H3,(H,30,33,35). The summed E-state index contributed by atoms with van der Waals surface area (Å²) < 4.78 is 20.0. The Kier molecular flexibility index (Phi) is 7.25. The van der Waals surface area contributed by atoms with Gasteiger partial charge in [-0.3, -0.25) is 24.1 Å². The molecule has 2 heterocycles. The number of H-pyrrole nitrogens is 1. The summed E-state index contributed by atoms with van der Waals surface area (Å²) in [6.45, 7) is 2.18. The molecule has 186 valence electrons. The number of aryl methyl sites for hydroxylation is 1. The number of fused-ring (bicyclic) bond motifs is 1. The summed E-state index contributed by atoms with van der Waals surface area (Å²) in [6.07, 6.45) is 0.407. The summed E-state index contributed by atoms with van der Waals surface area (Å²) >= 11 is 0. The van der Waals surface area contributed by atoms with E-state index in [4.69, 9.17) is 10.5 Å². The van der Waals surface area contributed by atoms with E-state index >= 15 is 0 Å². The fourth-order valence-corrected chi connectivity index (χ4v) is 4.04. The lowest BCUT2D eigenvalue weighted by Crippen LogP contribution is -2.42. The number of nitrogens with zero attached hydrogens (tertiary/aromatic N) is 3. The first-order valence-corrected chi connectivity index (χ1v) is 11.3. The first-order chi connectivity index (χ1) is 17.3. The summed E-state index contributed by atoms with van der Waals surface area (Å²) in [5, 5.41) is 0.568. The molecule has 0 saturated heterocycles. The molecule has 0 saturated carbocycles. The van der Waals surface area contributed by atoms with Gasteiger partial charge >= 0.3 is 5.69 Å². The number of methoxy groups -OCH3 is 1. The van der Waals surface area contributed by atoms with E-state index in [9.17, 15) is 18.8 Å². The molecule has 0 bridgehead atoms. The third kappa shape index (κ3) is 5.03. The van der Waals surface area contributed by atoms with Crippen LogP contribution in [0.4, 0.5) is 15.9 Å². The average molecular weight is 492 g/mol. The maximum atomic E-state index is 13.8. The number of carbonyl (C=O) groups excluding carboxylic acids is 1. The highest BCUT2D eigenvalue weighted by Crippen LogP contribution is 2.24. The van der Waals surface area contributed by atoms with Gasteiger partial charge in [-0.05, 0) is 37.1 Å². The highest BCUT2D eigenvalue weighted by Gasteiger charge is 2.27. The van der Waals surface area contributed by atoms with E-state index in [1.165, 1.54) is 34.8 Å². The highest BCUT2D eigenvalue weighted by molar-refractivity contribution is 6.09. The lowest BCUT2D eigenvalue weighted by atomic mass is 10.1. The number of nitrogen functional groups attached to an aromatic ring is 1. The Balaban J connectivity index is 1.83. The molecule has 36 heavy (non-hydrogen) atoms. The maximum absolute atomic E-state index is 13.8. The van der Waals surface area contributed by atoms with Crippen molar-refractivity contribution in [2.75, 3.05) is 30.9 Å². The molecule has 0 fully saturated rings. The minimum Gasteiger partial charge on any atom is -0.385 e. The number of benzene rings is 2. The molecule has 0 radical (unpaired) electrons. The normalized spacial score (nSPS) is 11.1. The van der Waals surface area contributed by atoms with E-state index < -0.39 is 23.0 Å². The quantitative estimate of drug-likeness (QED) is 0.366. The summed E-state index contributed by atoms with van der Waals surface area (Å²) in [5.41, 5.74) is 6.56. The molecule has 0 unspecified atom stereocenters. The zero-order chi connectivity index (χ0) is 25.8. The first kappa shape index (κ1) is 24.8. The van der Waals surface area contributed by atoms with E-state index in [1.807, 2.05) is 30.3 Å². The Bertz CT molecular complexity index is 1530. The lowest BCUT2D eigenvalue weighted by molar-refractivity contribution is 0.0982. The number of hydrogen-bond acceptors (Lipinski definition) is 6. The topological polar surface area (TPSA) is 123 Å². The molecule has 4 aromatic rings. The van der Waals surface area contributed by atoms with Gasteiger partial charge in [0.2, 0.25) is 0 Å². The van der Waals surface area contributed by atoms with Gasteiger partial charge in [-0.2, -0.15) is 0 Å². The van der Waals surface area contributed by atoms with Crippen molar-refractivity contribution < 1.29 is 13.9 Å². The minimum absolute atomic E-state index is 0.102. The van der Waals surface area contributed by atoms with E-state index in [-0.39, 0.29) is 30.2 Å². The second kappa shape index (κ2) is 10.5. The Labute approximate surface area is 206 Å². The summed E-state index contributed by atoms with van der Waals surface area (Å²) in [6, 6.07) is 14.9. The number of hydrogen-bond donors (Lipinski definition) is 2. The van der Waals surface area contributed by atoms with Crippen molar-refractivity contribution in [3.05, 3.63) is 98.1 Å². The molecular formula is C26H26FN5O4. The van der Waals surface area contributed by atoms with Crippen LogP contribution in [0.3, 0.4) is 0 Å². The van der Waals surface area contributed by atoms with Gasteiger partial charge in [0, 0.05) is 31.7 Å². The fourth-order valence-electron chi connectivity index (χ4n) is 4.04. The van der Waals surface area contributed by atoms with Crippen LogP contribution in [0.15, 0.2) is 64.2 Å². The van der Waals surface area contributed by atoms with Gasteiger partial charge in [-0.15, -0.1) is 0 Å². The number of rotatable bonds is 8. The average Bonchev–Trinajstić information content (AvgIpc) is 2.85. The Morgan fingerprint density at radius 1 is 1.17 bits per heavy atom. The van der Waals surface area contributed by atoms with E-state index in [1.54, 1.807) is 13.0 Å². The maximum Gasteiger partial charge on any atom is 0.330 e. The van der Waals surface area contributed by atoms with Gasteiger partial charge in [-0.25, -0.2) is 9.18 Å². The largest absolute Gasteiger partial charge is 0.385 e. The predicted octanol–water partition coefficient (Wildman–Crippen LogP) is 2.85. The van der Waals surface area contributed by atoms with Crippen molar-refractivity contribution in [1.29, 1.82) is 0 Å². The molecule has 9 nitrogen and oxygen atoms in total. The number of carbonyl (C=O) groups is 1. The molecule has 0 aliphatic rings. The van der Waals surface area contributed by atoms with Crippen LogP contribution in [0.2, 0.25) is 0 Å². The number of aromatic amines is 1. The van der Waals surface area contributed by atoms with E-state index in [2.05, 4.69) is 9.97 Å². The van der Waals surface area contributed by atoms with Crippen LogP contribution in [0.1, 0.15) is 28.0 Å². The van der Waals surface area contributed by atoms with E-state index in [0.29, 0.717) is 29.6 Å². The Hall–Kier alpha value is -4.31. The van der Waals surface area contributed by atoms with Crippen molar-refractivity contribution in [2.24, 2.45) is 0 Å². The molecule has 2 aromatic carbocycles. The zero-order valence-corrected chi connectivity index (χ0v) is 20.0. The van der Waals surface area contributed by atoms with Crippen LogP contribution in [0, 0.1) is 12.7 Å². The van der Waals surface area contributed by atoms with Crippen molar-refractivity contribution >= 4 is 28.3 Å². The molecule has 0 spiro atoms. The number of aromatic nitrogens is 3. The molecule has 3 N–H and O–H groups in total. The molecule has 10 heteroatoms. The van der Waals surface area contributed by atoms with Crippen LogP contribution in [-0.2, 0) is 11.3 Å². The zero-order valence-electron chi connectivity index (χ0n) is 20.0. The van der Waals surface area contributed by atoms with Gasteiger partial charge in [0.1, 0.15) is 11.6 Å². The lowest BCUT2D eigenvalue weighted by Gasteiger charge is -2.25. The summed E-state index contributed by atoms with van der Waals surface area (Å²) in [7, 11) is 1.53. The number of halogens is 1. The monoisotopic (exact) mass is 491 g/mol. The van der Waals surface area contributed by atoms with Gasteiger partial charge < -0.3 is 15.4 Å². The van der Waals surface area contributed by atoms with Crippen molar-refractivity contribution in [3.8, 4) is 0 Å². The molecule has 2 aromatic heterocycles. The SMILES string of the molecule is COCCCN(C(=O)c1cc2ccc(F)cc2nc1C)c1c(N)n(Cc2ccccc2)c(=O)[nH]c1=O. The molecule has 0 aliphatic heterocycles. The third-order valence-corrected chi connectivity index (χ3v) is 5.84. The second-order valence-electron chi connectivity index (χ2n) is 8.33. The summed E-state index contributed by atoms with van der Waals surface area (Å²) in [5.74, 6) is -1.09. The first-order valence-electron chi connectivity index (χ1n) is 11.3. The highest BCUT2D eigenvalue weighted by atomic mass is 19.1. The van der Waals surface area contributed by atoms with Crippen LogP contribution in [0.25, 0.3) is 10.9 Å². The number of nitrogens with two attached hydrogens (primary N) is 1. The molecule has 0 atom stereocenters. The van der Waals surface area contributed by atoms with E-state index in [0.717, 1.165) is 5.56 Å². The van der Waals surface area contributed by atoms with Gasteiger partial charge in [0.25, 0.3) is 11.5 Å². The third-order valence-electron chi connectivity index (χ3n) is 5.84. The van der Waals surface area contributed by atoms with Crippen molar-refractivity contribution in [2.45, 2.75) is 19.9 Å². The van der Waals surface area contributed by atoms with Gasteiger partial charge in [-0.1, -0.05) is 30.3 Å². The second-order valence-corrected chi connectivity index (χ2v) is 8.33. The smallest absolute Gasteiger partial charge is 0.330 e. The van der Waals surface area contributed by atoms with Crippen LogP contribution < -0.4 is 21.9 Å². The van der Waals surface area contributed by atoms with Crippen LogP contribution >= 0.6 is 0 Å². The number of amides is 1. The molecular weight excluding hydrogens is 465 g/mol. The van der Waals surface area contributed by atoms with Crippen molar-refractivity contribution in [1.82, 2.24) is 14.5 Å². The molecule has 1 amide bonds.